The van der Waals surface area contributed by atoms with Gasteiger partial charge in [0, 0.05) is 37.5 Å². The number of nitrogens with zero attached hydrogens (tertiary/aromatic N) is 1. The van der Waals surface area contributed by atoms with Crippen LogP contribution >= 0.6 is 0 Å². The van der Waals surface area contributed by atoms with Crippen LogP contribution in [-0.2, 0) is 20.9 Å². The van der Waals surface area contributed by atoms with Gasteiger partial charge in [0.2, 0.25) is 17.7 Å². The molecule has 1 heterocycles. The van der Waals surface area contributed by atoms with Crippen LogP contribution in [0, 0.1) is 17.6 Å². The quantitative estimate of drug-likeness (QED) is 0.387. The van der Waals surface area contributed by atoms with Gasteiger partial charge in [-0.3, -0.25) is 14.4 Å². The molecule has 0 bridgehead atoms. The summed E-state index contributed by atoms with van der Waals surface area (Å²) in [6, 6.07) is 2.77. The van der Waals surface area contributed by atoms with Gasteiger partial charge in [0.05, 0.1) is 0 Å². The number of carbonyl (C=O) groups is 3. The summed E-state index contributed by atoms with van der Waals surface area (Å²) in [6.07, 6.45) is 7.49. The minimum atomic E-state index is -0.979. The molecule has 8 heteroatoms. The highest BCUT2D eigenvalue weighted by Crippen LogP contribution is 2.25. The predicted molar refractivity (Wildman–Crippen MR) is 128 cm³/mol. The van der Waals surface area contributed by atoms with Crippen LogP contribution in [0.2, 0.25) is 0 Å². The fourth-order valence-corrected chi connectivity index (χ4v) is 4.28. The Hall–Kier alpha value is -2.51. The van der Waals surface area contributed by atoms with Crippen molar-refractivity contribution < 1.29 is 23.2 Å². The Morgan fingerprint density at radius 3 is 2.53 bits per heavy atom. The third-order valence-corrected chi connectivity index (χ3v) is 6.34. The smallest absolute Gasteiger partial charge is 0.242 e. The molecule has 1 fully saturated rings. The van der Waals surface area contributed by atoms with Crippen molar-refractivity contribution in [1.82, 2.24) is 15.5 Å². The van der Waals surface area contributed by atoms with Crippen LogP contribution in [0.4, 0.5) is 8.78 Å². The lowest BCUT2D eigenvalue weighted by Crippen LogP contribution is -2.51. The molecule has 1 aliphatic heterocycles. The second-order valence-electron chi connectivity index (χ2n) is 9.48. The minimum Gasteiger partial charge on any atom is -0.354 e. The topological polar surface area (TPSA) is 78.5 Å². The van der Waals surface area contributed by atoms with Crippen LogP contribution in [0.25, 0.3) is 0 Å². The first kappa shape index (κ1) is 27.7. The SMILES string of the molecule is CCCCCCCCNC(=O)C(NC(=O)C[C@@H]1CCC(=O)N1Cc1cccc(F)c1F)C(C)C. The molecule has 1 saturated heterocycles. The van der Waals surface area contributed by atoms with E-state index in [0.29, 0.717) is 13.0 Å². The van der Waals surface area contributed by atoms with Crippen molar-refractivity contribution in [3.05, 3.63) is 35.4 Å². The Morgan fingerprint density at radius 2 is 1.82 bits per heavy atom. The molecule has 0 aliphatic carbocycles. The van der Waals surface area contributed by atoms with E-state index in [1.807, 2.05) is 13.8 Å². The third kappa shape index (κ3) is 8.37. The van der Waals surface area contributed by atoms with Gasteiger partial charge in [-0.1, -0.05) is 65.0 Å². The summed E-state index contributed by atoms with van der Waals surface area (Å²) in [6.45, 7) is 6.40. The molecule has 6 nitrogen and oxygen atoms in total. The number of likely N-dealkylation sites (tertiary alicyclic amines) is 1. The summed E-state index contributed by atoms with van der Waals surface area (Å²) >= 11 is 0. The summed E-state index contributed by atoms with van der Waals surface area (Å²) in [5, 5.41) is 5.73. The van der Waals surface area contributed by atoms with Crippen molar-refractivity contribution in [3.8, 4) is 0 Å². The van der Waals surface area contributed by atoms with Gasteiger partial charge in [0.1, 0.15) is 6.04 Å². The Bertz CT molecular complexity index is 832. The van der Waals surface area contributed by atoms with Gasteiger partial charge in [-0.05, 0) is 24.8 Å². The molecule has 0 radical (unpaired) electrons. The summed E-state index contributed by atoms with van der Waals surface area (Å²) in [5.41, 5.74) is 0.0785. The number of nitrogens with one attached hydrogen (secondary N) is 2. The van der Waals surface area contributed by atoms with Crippen molar-refractivity contribution in [2.75, 3.05) is 6.54 Å². The molecule has 1 aromatic rings. The number of unbranched alkanes of at least 4 members (excludes halogenated alkanes) is 5. The third-order valence-electron chi connectivity index (χ3n) is 6.34. The second-order valence-corrected chi connectivity index (χ2v) is 9.48. The summed E-state index contributed by atoms with van der Waals surface area (Å²) in [5.74, 6) is -2.79. The minimum absolute atomic E-state index is 0.0105. The van der Waals surface area contributed by atoms with Crippen LogP contribution in [0.15, 0.2) is 18.2 Å². The van der Waals surface area contributed by atoms with Crippen LogP contribution in [-0.4, -0.2) is 41.2 Å². The van der Waals surface area contributed by atoms with E-state index in [1.54, 1.807) is 0 Å². The average Bonchev–Trinajstić information content (AvgIpc) is 3.13. The first-order chi connectivity index (χ1) is 16.2. The maximum absolute atomic E-state index is 14.1. The highest BCUT2D eigenvalue weighted by Gasteiger charge is 2.34. The first-order valence-electron chi connectivity index (χ1n) is 12.5. The van der Waals surface area contributed by atoms with E-state index in [2.05, 4.69) is 17.6 Å². The normalized spacial score (nSPS) is 16.7. The second kappa shape index (κ2) is 14.0. The lowest BCUT2D eigenvalue weighted by molar-refractivity contribution is -0.132. The Balaban J connectivity index is 1.87. The number of rotatable bonds is 14. The molecular weight excluding hydrogens is 440 g/mol. The van der Waals surface area contributed by atoms with Crippen LogP contribution in [0.5, 0.6) is 0 Å². The molecule has 1 unspecified atom stereocenters. The van der Waals surface area contributed by atoms with Crippen molar-refractivity contribution in [2.45, 2.75) is 97.2 Å². The van der Waals surface area contributed by atoms with Crippen LogP contribution in [0.1, 0.15) is 84.1 Å². The zero-order valence-electron chi connectivity index (χ0n) is 20.7. The maximum atomic E-state index is 14.1. The predicted octanol–water partition coefficient (Wildman–Crippen LogP) is 4.46. The van der Waals surface area contributed by atoms with E-state index < -0.39 is 23.7 Å². The largest absolute Gasteiger partial charge is 0.354 e. The van der Waals surface area contributed by atoms with Gasteiger partial charge < -0.3 is 15.5 Å². The molecule has 190 valence electrons. The standard InChI is InChI=1S/C26H39F2N3O3/c1-4-5-6-7-8-9-15-29-26(34)25(18(2)3)30-22(32)16-20-13-14-23(33)31(20)17-19-11-10-12-21(27)24(19)28/h10-12,18,20,25H,4-9,13-17H2,1-3H3,(H,29,34)(H,30,32)/t20-,25?/m0/s1. The van der Waals surface area contributed by atoms with E-state index >= 15 is 0 Å². The molecule has 2 atom stereocenters. The molecule has 2 rings (SSSR count). The van der Waals surface area contributed by atoms with E-state index in [0.717, 1.165) is 25.3 Å². The van der Waals surface area contributed by atoms with E-state index in [9.17, 15) is 23.2 Å². The summed E-state index contributed by atoms with van der Waals surface area (Å²) < 4.78 is 27.6. The summed E-state index contributed by atoms with van der Waals surface area (Å²) in [7, 11) is 0. The molecule has 2 N–H and O–H groups in total. The Kier molecular flexibility index (Phi) is 11.4. The number of carbonyl (C=O) groups excluding carboxylic acids is 3. The molecule has 0 spiro atoms. The molecule has 3 amide bonds. The molecule has 34 heavy (non-hydrogen) atoms. The van der Waals surface area contributed by atoms with Crippen molar-refractivity contribution in [1.29, 1.82) is 0 Å². The first-order valence-corrected chi connectivity index (χ1v) is 12.5. The monoisotopic (exact) mass is 479 g/mol. The van der Waals surface area contributed by atoms with Crippen LogP contribution < -0.4 is 10.6 Å². The van der Waals surface area contributed by atoms with Gasteiger partial charge in [-0.15, -0.1) is 0 Å². The maximum Gasteiger partial charge on any atom is 0.242 e. The Morgan fingerprint density at radius 1 is 1.12 bits per heavy atom. The summed E-state index contributed by atoms with van der Waals surface area (Å²) in [4.78, 5) is 39.2. The van der Waals surface area contributed by atoms with Crippen molar-refractivity contribution in [2.24, 2.45) is 5.92 Å². The molecule has 1 aliphatic rings. The van der Waals surface area contributed by atoms with E-state index in [4.69, 9.17) is 0 Å². The van der Waals surface area contributed by atoms with Gasteiger partial charge in [0.25, 0.3) is 0 Å². The number of halogens is 2. The van der Waals surface area contributed by atoms with E-state index in [1.165, 1.54) is 36.3 Å². The average molecular weight is 480 g/mol. The fourth-order valence-electron chi connectivity index (χ4n) is 4.28. The molecule has 0 saturated carbocycles. The fraction of sp³-hybridized carbons (Fsp3) is 0.654. The zero-order valence-corrected chi connectivity index (χ0v) is 20.7. The number of benzene rings is 1. The number of hydrogen-bond donors (Lipinski definition) is 2. The van der Waals surface area contributed by atoms with Crippen LogP contribution in [0.3, 0.4) is 0 Å². The van der Waals surface area contributed by atoms with Gasteiger partial charge in [0.15, 0.2) is 11.6 Å². The van der Waals surface area contributed by atoms with Crippen molar-refractivity contribution >= 4 is 17.7 Å². The highest BCUT2D eigenvalue weighted by molar-refractivity contribution is 5.88. The van der Waals surface area contributed by atoms with Gasteiger partial charge >= 0.3 is 0 Å². The molecular formula is C26H39F2N3O3. The van der Waals surface area contributed by atoms with Gasteiger partial charge in [-0.25, -0.2) is 8.78 Å². The zero-order chi connectivity index (χ0) is 25.1. The van der Waals surface area contributed by atoms with Crippen molar-refractivity contribution in [3.63, 3.8) is 0 Å². The number of amides is 3. The lowest BCUT2D eigenvalue weighted by Gasteiger charge is -2.27. The Labute approximate surface area is 201 Å². The highest BCUT2D eigenvalue weighted by atomic mass is 19.2. The van der Waals surface area contributed by atoms with E-state index in [-0.39, 0.29) is 48.6 Å². The van der Waals surface area contributed by atoms with Gasteiger partial charge in [-0.2, -0.15) is 0 Å². The number of hydrogen-bond acceptors (Lipinski definition) is 3. The lowest BCUT2D eigenvalue weighted by atomic mass is 10.0. The molecule has 0 aromatic heterocycles. The molecule has 1 aromatic carbocycles.